The molecule has 0 bridgehead atoms. The van der Waals surface area contributed by atoms with Crippen LogP contribution in [0.1, 0.15) is 33.6 Å². The topological polar surface area (TPSA) is 29.5 Å². The number of hydrogen-bond acceptors (Lipinski definition) is 2. The Morgan fingerprint density at radius 2 is 2.10 bits per heavy atom. The van der Waals surface area contributed by atoms with E-state index in [1.807, 2.05) is 20.8 Å². The Morgan fingerprint density at radius 3 is 2.50 bits per heavy atom. The largest absolute Gasteiger partial charge is 0.367 e. The van der Waals surface area contributed by atoms with Crippen LogP contribution in [0.4, 0.5) is 0 Å². The fourth-order valence-corrected chi connectivity index (χ4v) is 1.17. The summed E-state index contributed by atoms with van der Waals surface area (Å²) in [7, 11) is 0. The predicted octanol–water partition coefficient (Wildman–Crippen LogP) is 1.53. The fourth-order valence-electron chi connectivity index (χ4n) is 1.17. The van der Waals surface area contributed by atoms with E-state index in [1.54, 1.807) is 0 Å². The molecule has 0 amide bonds. The minimum atomic E-state index is -0.573. The van der Waals surface area contributed by atoms with Gasteiger partial charge in [0.2, 0.25) is 0 Å². The predicted molar refractivity (Wildman–Crippen MR) is 39.6 cm³/mol. The second-order valence-corrected chi connectivity index (χ2v) is 3.83. The first-order valence-electron chi connectivity index (χ1n) is 3.86. The smallest absolute Gasteiger partial charge is 0.159 e. The molecule has 2 unspecified atom stereocenters. The van der Waals surface area contributed by atoms with Gasteiger partial charge in [-0.3, -0.25) is 0 Å². The van der Waals surface area contributed by atoms with Gasteiger partial charge >= 0.3 is 0 Å². The monoisotopic (exact) mass is 144 g/mol. The molecule has 1 saturated heterocycles. The highest BCUT2D eigenvalue weighted by atomic mass is 16.6. The molecule has 1 heterocycles. The molecule has 2 nitrogen and oxygen atoms in total. The van der Waals surface area contributed by atoms with Crippen LogP contribution in [0, 0.1) is 5.41 Å². The van der Waals surface area contributed by atoms with Crippen LogP contribution in [0.3, 0.4) is 0 Å². The van der Waals surface area contributed by atoms with E-state index in [-0.39, 0.29) is 11.5 Å². The summed E-state index contributed by atoms with van der Waals surface area (Å²) < 4.78 is 5.26. The van der Waals surface area contributed by atoms with Gasteiger partial charge in [-0.2, -0.15) is 0 Å². The normalized spacial score (nSPS) is 39.6. The minimum absolute atomic E-state index is 0.0491. The Hall–Kier alpha value is -0.0800. The molecule has 1 fully saturated rings. The zero-order valence-electron chi connectivity index (χ0n) is 6.92. The molecule has 10 heavy (non-hydrogen) atoms. The van der Waals surface area contributed by atoms with Crippen LogP contribution in [-0.4, -0.2) is 17.5 Å². The minimum Gasteiger partial charge on any atom is -0.367 e. The van der Waals surface area contributed by atoms with Crippen molar-refractivity contribution in [3.05, 3.63) is 0 Å². The van der Waals surface area contributed by atoms with Crippen molar-refractivity contribution in [2.24, 2.45) is 5.41 Å². The third-order valence-corrected chi connectivity index (χ3v) is 2.22. The maximum absolute atomic E-state index is 9.39. The first-order valence-corrected chi connectivity index (χ1v) is 3.86. The molecule has 0 spiro atoms. The molecule has 60 valence electrons. The standard InChI is InChI=1S/C8H16O2/c1-6-4-5-8(2,3)7(9)10-6/h6-7,9H,4-5H2,1-3H3. The quantitative estimate of drug-likeness (QED) is 0.558. The summed E-state index contributed by atoms with van der Waals surface area (Å²) in [5.74, 6) is 0. The van der Waals surface area contributed by atoms with Gasteiger partial charge in [-0.25, -0.2) is 0 Å². The molecule has 0 aliphatic carbocycles. The van der Waals surface area contributed by atoms with E-state index in [1.165, 1.54) is 0 Å². The summed E-state index contributed by atoms with van der Waals surface area (Å²) in [6, 6.07) is 0. The lowest BCUT2D eigenvalue weighted by Crippen LogP contribution is -2.39. The van der Waals surface area contributed by atoms with Crippen molar-refractivity contribution in [1.82, 2.24) is 0 Å². The van der Waals surface area contributed by atoms with Gasteiger partial charge in [-0.1, -0.05) is 13.8 Å². The molecule has 0 saturated carbocycles. The zero-order chi connectivity index (χ0) is 7.78. The maximum Gasteiger partial charge on any atom is 0.159 e. The Bertz CT molecular complexity index is 120. The van der Waals surface area contributed by atoms with E-state index in [0.29, 0.717) is 0 Å². The molecule has 0 aromatic heterocycles. The fraction of sp³-hybridized carbons (Fsp3) is 1.00. The number of aliphatic hydroxyl groups is 1. The maximum atomic E-state index is 9.39. The Labute approximate surface area is 62.2 Å². The molecule has 1 rings (SSSR count). The highest BCUT2D eigenvalue weighted by molar-refractivity contribution is 4.77. The third kappa shape index (κ3) is 1.50. The molecule has 0 radical (unpaired) electrons. The summed E-state index contributed by atoms with van der Waals surface area (Å²) in [6.07, 6.45) is 1.76. The number of rotatable bonds is 0. The van der Waals surface area contributed by atoms with Gasteiger partial charge in [-0.15, -0.1) is 0 Å². The Balaban J connectivity index is 2.52. The van der Waals surface area contributed by atoms with E-state index in [0.717, 1.165) is 12.8 Å². The molecule has 1 aliphatic rings. The summed E-state index contributed by atoms with van der Waals surface area (Å²) in [5.41, 5.74) is -0.0491. The summed E-state index contributed by atoms with van der Waals surface area (Å²) >= 11 is 0. The van der Waals surface area contributed by atoms with Crippen molar-refractivity contribution in [2.75, 3.05) is 0 Å². The average Bonchev–Trinajstić information content (AvgIpc) is 1.81. The molecular weight excluding hydrogens is 128 g/mol. The van der Waals surface area contributed by atoms with Crippen LogP contribution in [0.15, 0.2) is 0 Å². The zero-order valence-corrected chi connectivity index (χ0v) is 6.92. The summed E-state index contributed by atoms with van der Waals surface area (Å²) in [4.78, 5) is 0. The van der Waals surface area contributed by atoms with E-state index >= 15 is 0 Å². The van der Waals surface area contributed by atoms with Crippen molar-refractivity contribution in [3.63, 3.8) is 0 Å². The highest BCUT2D eigenvalue weighted by Gasteiger charge is 2.34. The van der Waals surface area contributed by atoms with Gasteiger partial charge in [0.25, 0.3) is 0 Å². The number of hydrogen-bond donors (Lipinski definition) is 1. The summed E-state index contributed by atoms with van der Waals surface area (Å²) in [6.45, 7) is 6.06. The average molecular weight is 144 g/mol. The molecule has 0 aromatic carbocycles. The third-order valence-electron chi connectivity index (χ3n) is 2.22. The SMILES string of the molecule is CC1CCC(C)(C)C(O)O1. The van der Waals surface area contributed by atoms with Crippen LogP contribution >= 0.6 is 0 Å². The molecule has 1 N–H and O–H groups in total. The molecule has 1 aliphatic heterocycles. The van der Waals surface area contributed by atoms with Gasteiger partial charge in [0.1, 0.15) is 0 Å². The van der Waals surface area contributed by atoms with Crippen molar-refractivity contribution >= 4 is 0 Å². The lowest BCUT2D eigenvalue weighted by molar-refractivity contribution is -0.217. The van der Waals surface area contributed by atoms with E-state index in [4.69, 9.17) is 4.74 Å². The Morgan fingerprint density at radius 1 is 1.50 bits per heavy atom. The molecule has 0 aromatic rings. The van der Waals surface area contributed by atoms with Gasteiger partial charge in [0.15, 0.2) is 6.29 Å². The number of ether oxygens (including phenoxy) is 1. The van der Waals surface area contributed by atoms with Gasteiger partial charge < -0.3 is 9.84 Å². The van der Waals surface area contributed by atoms with Crippen LogP contribution in [-0.2, 0) is 4.74 Å². The summed E-state index contributed by atoms with van der Waals surface area (Å²) in [5, 5.41) is 9.39. The molecule has 2 heteroatoms. The lowest BCUT2D eigenvalue weighted by Gasteiger charge is -2.37. The first kappa shape index (κ1) is 8.02. The second-order valence-electron chi connectivity index (χ2n) is 3.83. The lowest BCUT2D eigenvalue weighted by atomic mass is 9.84. The highest BCUT2D eigenvalue weighted by Crippen LogP contribution is 2.34. The van der Waals surface area contributed by atoms with Crippen molar-refractivity contribution in [1.29, 1.82) is 0 Å². The molecular formula is C8H16O2. The Kier molecular flexibility index (Phi) is 2.02. The van der Waals surface area contributed by atoms with Gasteiger partial charge in [-0.05, 0) is 19.8 Å². The van der Waals surface area contributed by atoms with Gasteiger partial charge in [0, 0.05) is 5.41 Å². The van der Waals surface area contributed by atoms with Crippen molar-refractivity contribution in [3.8, 4) is 0 Å². The van der Waals surface area contributed by atoms with E-state index in [2.05, 4.69) is 0 Å². The van der Waals surface area contributed by atoms with E-state index < -0.39 is 6.29 Å². The van der Waals surface area contributed by atoms with Crippen LogP contribution in [0.25, 0.3) is 0 Å². The first-order chi connectivity index (χ1) is 4.52. The molecule has 2 atom stereocenters. The van der Waals surface area contributed by atoms with Crippen LogP contribution in [0.5, 0.6) is 0 Å². The van der Waals surface area contributed by atoms with Gasteiger partial charge in [0.05, 0.1) is 6.10 Å². The van der Waals surface area contributed by atoms with Crippen LogP contribution < -0.4 is 0 Å². The number of aliphatic hydroxyl groups excluding tert-OH is 1. The van der Waals surface area contributed by atoms with Crippen molar-refractivity contribution < 1.29 is 9.84 Å². The van der Waals surface area contributed by atoms with E-state index in [9.17, 15) is 5.11 Å². The van der Waals surface area contributed by atoms with Crippen LogP contribution in [0.2, 0.25) is 0 Å². The second kappa shape index (κ2) is 2.51. The van der Waals surface area contributed by atoms with Crippen molar-refractivity contribution in [2.45, 2.75) is 46.0 Å².